The van der Waals surface area contributed by atoms with E-state index in [0.29, 0.717) is 5.56 Å². The van der Waals surface area contributed by atoms with Crippen LogP contribution in [0.4, 0.5) is 15.9 Å². The van der Waals surface area contributed by atoms with Crippen LogP contribution in [0.2, 0.25) is 0 Å². The van der Waals surface area contributed by atoms with Crippen LogP contribution in [0.3, 0.4) is 0 Å². The molecule has 1 spiro atoms. The van der Waals surface area contributed by atoms with Crippen molar-refractivity contribution in [2.24, 2.45) is 5.41 Å². The maximum Gasteiger partial charge on any atom is 0.346 e. The summed E-state index contributed by atoms with van der Waals surface area (Å²) in [4.78, 5) is 28.5. The van der Waals surface area contributed by atoms with Crippen molar-refractivity contribution in [3.8, 4) is 0 Å². The molecule has 130 valence electrons. The van der Waals surface area contributed by atoms with Gasteiger partial charge in [-0.05, 0) is 19.9 Å². The molecular formula is C15H18FN3O5. The van der Waals surface area contributed by atoms with Gasteiger partial charge in [-0.3, -0.25) is 10.1 Å². The van der Waals surface area contributed by atoms with Crippen LogP contribution in [0.5, 0.6) is 0 Å². The second-order valence-corrected chi connectivity index (χ2v) is 6.21. The van der Waals surface area contributed by atoms with E-state index in [1.807, 2.05) is 0 Å². The van der Waals surface area contributed by atoms with Crippen molar-refractivity contribution < 1.29 is 23.6 Å². The number of alkyl halides is 1. The van der Waals surface area contributed by atoms with Crippen LogP contribution in [0, 0.1) is 22.5 Å². The lowest BCUT2D eigenvalue weighted by Crippen LogP contribution is -2.61. The third-order valence-corrected chi connectivity index (χ3v) is 4.69. The second-order valence-electron chi connectivity index (χ2n) is 6.21. The molecular weight excluding hydrogens is 321 g/mol. The molecule has 1 atom stereocenters. The molecule has 0 N–H and O–H groups in total. The van der Waals surface area contributed by atoms with Crippen LogP contribution in [0.25, 0.3) is 0 Å². The summed E-state index contributed by atoms with van der Waals surface area (Å²) < 4.78 is 25.6. The molecule has 2 aliphatic rings. The number of aryl methyl sites for hydroxylation is 1. The summed E-state index contributed by atoms with van der Waals surface area (Å²) in [6, 6.07) is 1.52. The van der Waals surface area contributed by atoms with Gasteiger partial charge in [-0.25, -0.2) is 14.2 Å². The Kier molecular flexibility index (Phi) is 3.90. The number of anilines is 1. The van der Waals surface area contributed by atoms with Crippen molar-refractivity contribution in [3.05, 3.63) is 27.9 Å². The fraction of sp³-hybridized carbons (Fsp3) is 0.600. The summed E-state index contributed by atoms with van der Waals surface area (Å²) in [7, 11) is 0. The number of carbonyl (C=O) groups excluding carboxylic acids is 1. The minimum Gasteiger partial charge on any atom is -0.464 e. The van der Waals surface area contributed by atoms with Crippen LogP contribution in [-0.2, 0) is 14.3 Å². The monoisotopic (exact) mass is 339 g/mol. The largest absolute Gasteiger partial charge is 0.464 e. The third kappa shape index (κ3) is 2.22. The molecule has 0 bridgehead atoms. The van der Waals surface area contributed by atoms with Crippen LogP contribution < -0.4 is 4.90 Å². The van der Waals surface area contributed by atoms with Gasteiger partial charge in [0.2, 0.25) is 11.5 Å². The van der Waals surface area contributed by atoms with E-state index in [4.69, 9.17) is 9.47 Å². The Labute approximate surface area is 137 Å². The maximum atomic E-state index is 15.6. The van der Waals surface area contributed by atoms with E-state index >= 15 is 4.39 Å². The number of carbonyl (C=O) groups is 1. The van der Waals surface area contributed by atoms with E-state index in [9.17, 15) is 14.9 Å². The highest BCUT2D eigenvalue weighted by Crippen LogP contribution is 2.50. The first-order valence-corrected chi connectivity index (χ1v) is 7.63. The molecule has 8 nitrogen and oxygen atoms in total. The van der Waals surface area contributed by atoms with Gasteiger partial charge in [-0.15, -0.1) is 0 Å². The number of ether oxygens (including phenoxy) is 2. The zero-order valence-electron chi connectivity index (χ0n) is 13.5. The molecule has 2 fully saturated rings. The summed E-state index contributed by atoms with van der Waals surface area (Å²) >= 11 is 0. The highest BCUT2D eigenvalue weighted by atomic mass is 19.1. The summed E-state index contributed by atoms with van der Waals surface area (Å²) in [5, 5.41) is 11.4. The Morgan fingerprint density at radius 3 is 2.79 bits per heavy atom. The molecule has 0 saturated carbocycles. The number of pyridine rings is 1. The van der Waals surface area contributed by atoms with E-state index in [0.717, 1.165) is 0 Å². The number of halogens is 1. The molecule has 1 aromatic rings. The lowest BCUT2D eigenvalue weighted by Gasteiger charge is -2.43. The zero-order valence-corrected chi connectivity index (χ0v) is 13.5. The maximum absolute atomic E-state index is 15.6. The molecule has 1 unspecified atom stereocenters. The Bertz CT molecular complexity index is 694. The van der Waals surface area contributed by atoms with Crippen LogP contribution in [0.15, 0.2) is 12.3 Å². The Morgan fingerprint density at radius 1 is 1.54 bits per heavy atom. The van der Waals surface area contributed by atoms with Gasteiger partial charge in [0.1, 0.15) is 0 Å². The van der Waals surface area contributed by atoms with Crippen molar-refractivity contribution in [3.63, 3.8) is 0 Å². The number of hydrogen-bond acceptors (Lipinski definition) is 7. The van der Waals surface area contributed by atoms with Crippen LogP contribution in [-0.4, -0.2) is 54.5 Å². The fourth-order valence-electron chi connectivity index (χ4n) is 3.32. The van der Waals surface area contributed by atoms with Gasteiger partial charge >= 0.3 is 11.7 Å². The number of esters is 1. The summed E-state index contributed by atoms with van der Waals surface area (Å²) in [6.07, 6.45) is 1.43. The zero-order chi connectivity index (χ0) is 17.5. The lowest BCUT2D eigenvalue weighted by molar-refractivity contribution is -0.384. The summed E-state index contributed by atoms with van der Waals surface area (Å²) in [5.41, 5.74) is -3.09. The fourth-order valence-corrected chi connectivity index (χ4v) is 3.32. The first kappa shape index (κ1) is 16.6. The van der Waals surface area contributed by atoms with Crippen molar-refractivity contribution in [2.45, 2.75) is 19.5 Å². The highest BCUT2D eigenvalue weighted by Gasteiger charge is 2.68. The quantitative estimate of drug-likeness (QED) is 0.465. The molecule has 3 rings (SSSR count). The SMILES string of the molecule is CCOC(=O)C1(F)CN(c2nccc(C)c2[N+](=O)[O-])CC12COC2. The molecule has 9 heteroatoms. The Hall–Kier alpha value is -2.29. The van der Waals surface area contributed by atoms with Gasteiger partial charge in [-0.1, -0.05) is 0 Å². The molecule has 3 heterocycles. The second kappa shape index (κ2) is 5.66. The van der Waals surface area contributed by atoms with Crippen molar-refractivity contribution in [1.29, 1.82) is 0 Å². The van der Waals surface area contributed by atoms with E-state index in [2.05, 4.69) is 4.98 Å². The smallest absolute Gasteiger partial charge is 0.346 e. The number of nitrogens with zero attached hydrogens (tertiary/aromatic N) is 3. The van der Waals surface area contributed by atoms with Gasteiger partial charge in [0, 0.05) is 18.3 Å². The van der Waals surface area contributed by atoms with Crippen molar-refractivity contribution >= 4 is 17.5 Å². The summed E-state index contributed by atoms with van der Waals surface area (Å²) in [6.45, 7) is 3.16. The predicted octanol–water partition coefficient (Wildman–Crippen LogP) is 1.41. The molecule has 0 aliphatic carbocycles. The Balaban J connectivity index is 2.00. The van der Waals surface area contributed by atoms with Gasteiger partial charge in [-0.2, -0.15) is 0 Å². The average molecular weight is 339 g/mol. The van der Waals surface area contributed by atoms with Gasteiger partial charge < -0.3 is 14.4 Å². The lowest BCUT2D eigenvalue weighted by atomic mass is 9.74. The van der Waals surface area contributed by atoms with E-state index in [1.165, 1.54) is 17.2 Å². The molecule has 2 saturated heterocycles. The molecule has 0 radical (unpaired) electrons. The first-order valence-electron chi connectivity index (χ1n) is 7.63. The highest BCUT2D eigenvalue weighted by molar-refractivity contribution is 5.84. The standard InChI is InChI=1S/C15H18FN3O5/c1-3-24-13(20)15(16)7-18(6-14(15)8-23-9-14)12-11(19(21)22)10(2)4-5-17-12/h4-5H,3,6-9H2,1-2H3. The molecule has 24 heavy (non-hydrogen) atoms. The van der Waals surface area contributed by atoms with E-state index < -0.39 is 22.0 Å². The molecule has 2 aliphatic heterocycles. The van der Waals surface area contributed by atoms with E-state index in [1.54, 1.807) is 13.8 Å². The normalized spacial score (nSPS) is 24.7. The number of nitro groups is 1. The van der Waals surface area contributed by atoms with Crippen molar-refractivity contribution in [1.82, 2.24) is 4.98 Å². The van der Waals surface area contributed by atoms with Crippen LogP contribution in [0.1, 0.15) is 12.5 Å². The number of rotatable bonds is 4. The topological polar surface area (TPSA) is 94.8 Å². The van der Waals surface area contributed by atoms with Gasteiger partial charge in [0.15, 0.2) is 0 Å². The van der Waals surface area contributed by atoms with Crippen molar-refractivity contribution in [2.75, 3.05) is 37.8 Å². The summed E-state index contributed by atoms with van der Waals surface area (Å²) in [5.74, 6) is -0.888. The average Bonchev–Trinajstić information content (AvgIpc) is 2.82. The molecule has 0 amide bonds. The predicted molar refractivity (Wildman–Crippen MR) is 81.6 cm³/mol. The number of aromatic nitrogens is 1. The van der Waals surface area contributed by atoms with Gasteiger partial charge in [0.05, 0.1) is 36.7 Å². The van der Waals surface area contributed by atoms with Gasteiger partial charge in [0.25, 0.3) is 0 Å². The molecule has 0 aromatic carbocycles. The first-order chi connectivity index (χ1) is 11.3. The minimum atomic E-state index is -2.28. The Morgan fingerprint density at radius 2 is 2.25 bits per heavy atom. The van der Waals surface area contributed by atoms with Crippen LogP contribution >= 0.6 is 0 Å². The minimum absolute atomic E-state index is 0.0598. The third-order valence-electron chi connectivity index (χ3n) is 4.69. The number of hydrogen-bond donors (Lipinski definition) is 0. The molecule has 1 aromatic heterocycles. The van der Waals surface area contributed by atoms with E-state index in [-0.39, 0.29) is 44.4 Å².